The van der Waals surface area contributed by atoms with Crippen molar-refractivity contribution in [1.82, 2.24) is 9.97 Å². The first-order valence-electron chi connectivity index (χ1n) is 12.2. The van der Waals surface area contributed by atoms with Gasteiger partial charge in [0, 0.05) is 30.6 Å². The Kier molecular flexibility index (Phi) is 7.96. The minimum atomic E-state index is -4.54. The number of halogens is 3. The van der Waals surface area contributed by atoms with Gasteiger partial charge in [0.1, 0.15) is 16.7 Å². The number of alkyl halides is 3. The molecule has 0 bridgehead atoms. The summed E-state index contributed by atoms with van der Waals surface area (Å²) in [4.78, 5) is 22.7. The highest BCUT2D eigenvalue weighted by Crippen LogP contribution is 2.39. The van der Waals surface area contributed by atoms with Crippen molar-refractivity contribution in [1.29, 1.82) is 0 Å². The number of aliphatic carboxylic acids is 1. The van der Waals surface area contributed by atoms with Gasteiger partial charge < -0.3 is 14.7 Å². The predicted molar refractivity (Wildman–Crippen MR) is 140 cm³/mol. The number of nitrogens with one attached hydrogen (secondary N) is 1. The Hall–Kier alpha value is -3.27. The summed E-state index contributed by atoms with van der Waals surface area (Å²) in [5.41, 5.74) is -0.437. The predicted octanol–water partition coefficient (Wildman–Crippen LogP) is 6.93. The summed E-state index contributed by atoms with van der Waals surface area (Å²) >= 11 is 1.14. The van der Waals surface area contributed by atoms with E-state index in [4.69, 9.17) is 0 Å². The van der Waals surface area contributed by atoms with Gasteiger partial charge in [-0.25, -0.2) is 9.97 Å². The van der Waals surface area contributed by atoms with E-state index in [0.29, 0.717) is 42.3 Å². The maximum Gasteiger partial charge on any atom is 0.418 e. The van der Waals surface area contributed by atoms with Crippen LogP contribution < -0.4 is 9.62 Å². The number of piperidine rings is 1. The zero-order valence-corrected chi connectivity index (χ0v) is 21.5. The van der Waals surface area contributed by atoms with Crippen molar-refractivity contribution in [3.05, 3.63) is 65.7 Å². The number of hydrogen-bond donors (Lipinski definition) is 2. The number of aromatic nitrogens is 2. The molecule has 37 heavy (non-hydrogen) atoms. The molecule has 1 aliphatic heterocycles. The quantitative estimate of drug-likeness (QED) is 0.306. The number of carbonyl (C=O) groups is 1. The number of hydrogen-bond acceptors (Lipinski definition) is 6. The molecule has 0 spiro atoms. The lowest BCUT2D eigenvalue weighted by Crippen LogP contribution is -2.46. The molecule has 0 radical (unpaired) electrons. The standard InChI is InChI=1S/C27H29F3N4O2S/c1-3-8-18-9-4-5-10-19(18)24-20(27(28,29)30)13-14-21(31-24)33-37-23-12-6-11-22(32-23)34-16-7-15-26(2,17-34)25(35)36/h4-6,9-14H,3,7-8,15-17H2,1-2H3,(H,31,33)(H,35,36)/t26-/m0/s1. The molecule has 4 rings (SSSR count). The van der Waals surface area contributed by atoms with Gasteiger partial charge in [0.2, 0.25) is 0 Å². The third-order valence-corrected chi connectivity index (χ3v) is 7.25. The summed E-state index contributed by atoms with van der Waals surface area (Å²) in [5, 5.41) is 10.2. The van der Waals surface area contributed by atoms with E-state index in [-0.39, 0.29) is 11.5 Å². The second-order valence-electron chi connectivity index (χ2n) is 9.43. The van der Waals surface area contributed by atoms with E-state index in [1.54, 1.807) is 25.1 Å². The van der Waals surface area contributed by atoms with E-state index >= 15 is 0 Å². The third-order valence-electron chi connectivity index (χ3n) is 6.50. The van der Waals surface area contributed by atoms with Crippen molar-refractivity contribution in [3.8, 4) is 11.3 Å². The van der Waals surface area contributed by atoms with Gasteiger partial charge in [0.05, 0.1) is 16.7 Å². The summed E-state index contributed by atoms with van der Waals surface area (Å²) in [6.45, 7) is 4.79. The van der Waals surface area contributed by atoms with Crippen molar-refractivity contribution >= 4 is 29.6 Å². The topological polar surface area (TPSA) is 78.4 Å². The van der Waals surface area contributed by atoms with E-state index < -0.39 is 23.1 Å². The normalized spacial score (nSPS) is 18.0. The van der Waals surface area contributed by atoms with Gasteiger partial charge in [-0.2, -0.15) is 13.2 Å². The van der Waals surface area contributed by atoms with Crippen molar-refractivity contribution in [2.24, 2.45) is 5.41 Å². The Balaban J connectivity index is 1.57. The fraction of sp³-hybridized carbons (Fsp3) is 0.370. The van der Waals surface area contributed by atoms with Gasteiger partial charge in [-0.15, -0.1) is 0 Å². The molecule has 3 aromatic rings. The molecule has 2 aromatic heterocycles. The number of pyridine rings is 2. The second-order valence-corrected chi connectivity index (χ2v) is 10.3. The molecule has 6 nitrogen and oxygen atoms in total. The molecular formula is C27H29F3N4O2S. The average molecular weight is 531 g/mol. The number of rotatable bonds is 8. The van der Waals surface area contributed by atoms with Crippen LogP contribution in [-0.2, 0) is 17.4 Å². The van der Waals surface area contributed by atoms with E-state index in [0.717, 1.165) is 36.4 Å². The summed E-state index contributed by atoms with van der Waals surface area (Å²) in [5.74, 6) is 0.116. The van der Waals surface area contributed by atoms with E-state index in [1.165, 1.54) is 6.07 Å². The summed E-state index contributed by atoms with van der Waals surface area (Å²) in [7, 11) is 0. The van der Waals surface area contributed by atoms with Gasteiger partial charge in [0.15, 0.2) is 0 Å². The molecule has 2 N–H and O–H groups in total. The third kappa shape index (κ3) is 6.18. The molecule has 1 fully saturated rings. The van der Waals surface area contributed by atoms with Crippen molar-refractivity contribution in [2.75, 3.05) is 22.7 Å². The van der Waals surface area contributed by atoms with Crippen LogP contribution in [0.3, 0.4) is 0 Å². The Morgan fingerprint density at radius 3 is 2.65 bits per heavy atom. The first kappa shape index (κ1) is 26.8. The van der Waals surface area contributed by atoms with Gasteiger partial charge >= 0.3 is 12.1 Å². The monoisotopic (exact) mass is 530 g/mol. The molecule has 0 saturated carbocycles. The van der Waals surface area contributed by atoms with Crippen LogP contribution in [0.5, 0.6) is 0 Å². The van der Waals surface area contributed by atoms with Crippen molar-refractivity contribution in [3.63, 3.8) is 0 Å². The van der Waals surface area contributed by atoms with E-state index in [9.17, 15) is 23.1 Å². The van der Waals surface area contributed by atoms with Crippen LogP contribution in [-0.4, -0.2) is 34.1 Å². The second kappa shape index (κ2) is 11.0. The Morgan fingerprint density at radius 2 is 1.92 bits per heavy atom. The van der Waals surface area contributed by atoms with Gasteiger partial charge in [0.25, 0.3) is 0 Å². The zero-order valence-electron chi connectivity index (χ0n) is 20.7. The molecule has 1 saturated heterocycles. The highest BCUT2D eigenvalue weighted by atomic mass is 32.2. The Morgan fingerprint density at radius 1 is 1.14 bits per heavy atom. The fourth-order valence-electron chi connectivity index (χ4n) is 4.54. The lowest BCUT2D eigenvalue weighted by atomic mass is 9.82. The average Bonchev–Trinajstić information content (AvgIpc) is 2.87. The number of anilines is 2. The minimum Gasteiger partial charge on any atom is -0.481 e. The van der Waals surface area contributed by atoms with Gasteiger partial charge in [-0.3, -0.25) is 4.79 Å². The van der Waals surface area contributed by atoms with Crippen molar-refractivity contribution < 1.29 is 23.1 Å². The van der Waals surface area contributed by atoms with Crippen LogP contribution in [0.1, 0.15) is 44.2 Å². The SMILES string of the molecule is CCCc1ccccc1-c1nc(NSc2cccc(N3CCC[C@](C)(C(=O)O)C3)n2)ccc1C(F)(F)F. The highest BCUT2D eigenvalue weighted by Gasteiger charge is 2.38. The number of carboxylic acid groups (broad SMARTS) is 1. The van der Waals surface area contributed by atoms with E-state index in [2.05, 4.69) is 14.7 Å². The smallest absolute Gasteiger partial charge is 0.418 e. The Bertz CT molecular complexity index is 1270. The number of benzene rings is 1. The highest BCUT2D eigenvalue weighted by molar-refractivity contribution is 8.00. The summed E-state index contributed by atoms with van der Waals surface area (Å²) < 4.78 is 44.6. The maximum atomic E-state index is 13.8. The molecule has 0 unspecified atom stereocenters. The maximum absolute atomic E-state index is 13.8. The molecule has 0 amide bonds. The molecule has 1 aromatic carbocycles. The molecule has 1 aliphatic rings. The molecule has 3 heterocycles. The largest absolute Gasteiger partial charge is 0.481 e. The summed E-state index contributed by atoms with van der Waals surface area (Å²) in [6, 6.07) is 14.9. The minimum absolute atomic E-state index is 0.106. The molecule has 0 aliphatic carbocycles. The van der Waals surface area contributed by atoms with Crippen LogP contribution in [0.4, 0.5) is 24.8 Å². The van der Waals surface area contributed by atoms with Gasteiger partial charge in [-0.05, 0) is 56.0 Å². The fourth-order valence-corrected chi connectivity index (χ4v) is 5.15. The summed E-state index contributed by atoms with van der Waals surface area (Å²) in [6.07, 6.45) is -1.73. The number of carboxylic acids is 1. The molecule has 196 valence electrons. The van der Waals surface area contributed by atoms with E-state index in [1.807, 2.05) is 36.1 Å². The molecule has 1 atom stereocenters. The lowest BCUT2D eigenvalue weighted by molar-refractivity contribution is -0.148. The van der Waals surface area contributed by atoms with Crippen LogP contribution in [0.15, 0.2) is 59.6 Å². The Labute approximate surface area is 218 Å². The number of aryl methyl sites for hydroxylation is 1. The first-order chi connectivity index (χ1) is 17.6. The lowest BCUT2D eigenvalue weighted by Gasteiger charge is -2.38. The molecule has 10 heteroatoms. The molecular weight excluding hydrogens is 501 g/mol. The van der Waals surface area contributed by atoms with Gasteiger partial charge in [-0.1, -0.05) is 43.7 Å². The van der Waals surface area contributed by atoms with Crippen LogP contribution in [0.25, 0.3) is 11.3 Å². The van der Waals surface area contributed by atoms with Crippen LogP contribution in [0.2, 0.25) is 0 Å². The number of nitrogens with zero attached hydrogens (tertiary/aromatic N) is 3. The van der Waals surface area contributed by atoms with Crippen LogP contribution in [0, 0.1) is 5.41 Å². The van der Waals surface area contributed by atoms with Crippen molar-refractivity contribution in [2.45, 2.75) is 50.7 Å². The zero-order chi connectivity index (χ0) is 26.6. The first-order valence-corrected chi connectivity index (χ1v) is 13.0. The van der Waals surface area contributed by atoms with Crippen LogP contribution >= 0.6 is 11.9 Å².